The molecule has 0 aromatic carbocycles. The van der Waals surface area contributed by atoms with Gasteiger partial charge in [0.2, 0.25) is 0 Å². The van der Waals surface area contributed by atoms with Gasteiger partial charge in [0.1, 0.15) is 0 Å². The molecule has 0 unspecified atom stereocenters. The molecule has 0 spiro atoms. The smallest absolute Gasteiger partial charge is 0.0285 e. The topological polar surface area (TPSA) is 0 Å². The molecule has 0 radical (unpaired) electrons. The molecule has 0 heterocycles. The molecular formula is C15H24. The molecule has 0 N–H and O–H groups in total. The Morgan fingerprint density at radius 1 is 1.07 bits per heavy atom. The van der Waals surface area contributed by atoms with Crippen molar-refractivity contribution in [3.63, 3.8) is 0 Å². The van der Waals surface area contributed by atoms with Crippen molar-refractivity contribution < 1.29 is 0 Å². The molecule has 0 saturated carbocycles. The van der Waals surface area contributed by atoms with Gasteiger partial charge in [-0.1, -0.05) is 47.1 Å². The van der Waals surface area contributed by atoms with Crippen molar-refractivity contribution in [2.24, 2.45) is 0 Å². The number of allylic oxidation sites excluding steroid dienone is 8. The lowest BCUT2D eigenvalue weighted by Crippen LogP contribution is -1.76. The van der Waals surface area contributed by atoms with Crippen LogP contribution < -0.4 is 0 Å². The monoisotopic (exact) mass is 204 g/mol. The van der Waals surface area contributed by atoms with Gasteiger partial charge >= 0.3 is 0 Å². The van der Waals surface area contributed by atoms with E-state index in [1.54, 1.807) is 0 Å². The molecule has 0 amide bonds. The maximum absolute atomic E-state index is 2.29. The van der Waals surface area contributed by atoms with Crippen LogP contribution in [0.5, 0.6) is 0 Å². The van der Waals surface area contributed by atoms with Gasteiger partial charge in [0.05, 0.1) is 0 Å². The first kappa shape index (κ1) is 14.0. The van der Waals surface area contributed by atoms with E-state index in [1.807, 2.05) is 0 Å². The second-order valence-electron chi connectivity index (χ2n) is 4.22. The summed E-state index contributed by atoms with van der Waals surface area (Å²) in [4.78, 5) is 0. The third kappa shape index (κ3) is 9.27. The fourth-order valence-corrected chi connectivity index (χ4v) is 1.13. The molecule has 84 valence electrons. The zero-order valence-electron chi connectivity index (χ0n) is 10.8. The summed E-state index contributed by atoms with van der Waals surface area (Å²) in [7, 11) is 0. The van der Waals surface area contributed by atoms with Gasteiger partial charge in [0.15, 0.2) is 0 Å². The summed E-state index contributed by atoms with van der Waals surface area (Å²) in [5, 5.41) is 0. The molecule has 0 atom stereocenters. The summed E-state index contributed by atoms with van der Waals surface area (Å²) in [5.74, 6) is 0. The van der Waals surface area contributed by atoms with E-state index in [1.165, 1.54) is 16.7 Å². The maximum atomic E-state index is 2.29. The number of hydrogen-bond acceptors (Lipinski definition) is 0. The first-order chi connectivity index (χ1) is 7.06. The Morgan fingerprint density at radius 3 is 2.27 bits per heavy atom. The van der Waals surface area contributed by atoms with E-state index in [2.05, 4.69) is 65.0 Å². The highest BCUT2D eigenvalue weighted by atomic mass is 13.9. The highest BCUT2D eigenvalue weighted by molar-refractivity contribution is 5.21. The van der Waals surface area contributed by atoms with Gasteiger partial charge in [-0.05, 0) is 47.5 Å². The summed E-state index contributed by atoms with van der Waals surface area (Å²) in [6.45, 7) is 10.7. The molecule has 0 fully saturated rings. The van der Waals surface area contributed by atoms with Crippen LogP contribution in [-0.2, 0) is 0 Å². The minimum Gasteiger partial charge on any atom is -0.0856 e. The SMILES string of the molecule is C/C=C(C)/C=C/C=C(/C)CCC=C(C)C. The average Bonchev–Trinajstić information content (AvgIpc) is 2.17. The van der Waals surface area contributed by atoms with Gasteiger partial charge < -0.3 is 0 Å². The first-order valence-corrected chi connectivity index (χ1v) is 5.66. The lowest BCUT2D eigenvalue weighted by Gasteiger charge is -1.96. The van der Waals surface area contributed by atoms with Crippen LogP contribution in [0.3, 0.4) is 0 Å². The molecule has 0 aliphatic carbocycles. The second kappa shape index (κ2) is 8.28. The van der Waals surface area contributed by atoms with Crippen LogP contribution in [-0.4, -0.2) is 0 Å². The Kier molecular flexibility index (Phi) is 7.71. The summed E-state index contributed by atoms with van der Waals surface area (Å²) in [6.07, 6.45) is 13.2. The van der Waals surface area contributed by atoms with Crippen LogP contribution in [0, 0.1) is 0 Å². The largest absolute Gasteiger partial charge is 0.0856 e. The predicted octanol–water partition coefficient (Wildman–Crippen LogP) is 5.20. The Labute approximate surface area is 95.1 Å². The third-order valence-corrected chi connectivity index (χ3v) is 2.29. The standard InChI is InChI=1S/C15H24/c1-6-14(4)10-8-12-15(5)11-7-9-13(2)3/h6,8-10,12H,7,11H2,1-5H3/b10-8+,14-6+,15-12-. The van der Waals surface area contributed by atoms with Crippen LogP contribution in [0.2, 0.25) is 0 Å². The molecule has 0 heteroatoms. The van der Waals surface area contributed by atoms with Gasteiger partial charge in [-0.3, -0.25) is 0 Å². The minimum atomic E-state index is 1.15. The summed E-state index contributed by atoms with van der Waals surface area (Å²) in [5.41, 5.74) is 4.15. The minimum absolute atomic E-state index is 1.15. The van der Waals surface area contributed by atoms with Crippen molar-refractivity contribution in [2.45, 2.75) is 47.5 Å². The summed E-state index contributed by atoms with van der Waals surface area (Å²) < 4.78 is 0. The molecular weight excluding hydrogens is 180 g/mol. The second-order valence-corrected chi connectivity index (χ2v) is 4.22. The average molecular weight is 204 g/mol. The van der Waals surface area contributed by atoms with E-state index in [4.69, 9.17) is 0 Å². The Balaban J connectivity index is 4.00. The van der Waals surface area contributed by atoms with Crippen LogP contribution in [0.25, 0.3) is 0 Å². The highest BCUT2D eigenvalue weighted by Gasteiger charge is 1.86. The van der Waals surface area contributed by atoms with Crippen LogP contribution in [0.4, 0.5) is 0 Å². The molecule has 0 aromatic heterocycles. The van der Waals surface area contributed by atoms with E-state index in [0.29, 0.717) is 0 Å². The lowest BCUT2D eigenvalue weighted by molar-refractivity contribution is 0.967. The Morgan fingerprint density at radius 2 is 1.73 bits per heavy atom. The summed E-state index contributed by atoms with van der Waals surface area (Å²) >= 11 is 0. The van der Waals surface area contributed by atoms with Crippen molar-refractivity contribution in [3.8, 4) is 0 Å². The van der Waals surface area contributed by atoms with Gasteiger partial charge in [0, 0.05) is 0 Å². The predicted molar refractivity (Wildman–Crippen MR) is 71.0 cm³/mol. The number of rotatable bonds is 5. The molecule has 0 rings (SSSR count). The zero-order valence-corrected chi connectivity index (χ0v) is 10.8. The molecule has 0 aromatic rings. The van der Waals surface area contributed by atoms with Crippen LogP contribution in [0.1, 0.15) is 47.5 Å². The Bertz CT molecular complexity index is 281. The van der Waals surface area contributed by atoms with Gasteiger partial charge in [-0.15, -0.1) is 0 Å². The first-order valence-electron chi connectivity index (χ1n) is 5.66. The number of hydrogen-bond donors (Lipinski definition) is 0. The quantitative estimate of drug-likeness (QED) is 0.426. The van der Waals surface area contributed by atoms with Crippen LogP contribution >= 0.6 is 0 Å². The van der Waals surface area contributed by atoms with E-state index >= 15 is 0 Å². The van der Waals surface area contributed by atoms with Crippen molar-refractivity contribution in [2.75, 3.05) is 0 Å². The Hall–Kier alpha value is -1.04. The molecule has 0 aliphatic rings. The van der Waals surface area contributed by atoms with E-state index < -0.39 is 0 Å². The highest BCUT2D eigenvalue weighted by Crippen LogP contribution is 2.07. The van der Waals surface area contributed by atoms with Crippen molar-refractivity contribution in [1.29, 1.82) is 0 Å². The van der Waals surface area contributed by atoms with Gasteiger partial charge in [-0.2, -0.15) is 0 Å². The maximum Gasteiger partial charge on any atom is -0.0285 e. The van der Waals surface area contributed by atoms with Gasteiger partial charge in [0.25, 0.3) is 0 Å². The molecule has 0 nitrogen and oxygen atoms in total. The zero-order chi connectivity index (χ0) is 11.7. The van der Waals surface area contributed by atoms with E-state index in [-0.39, 0.29) is 0 Å². The fourth-order valence-electron chi connectivity index (χ4n) is 1.13. The lowest BCUT2D eigenvalue weighted by atomic mass is 10.1. The van der Waals surface area contributed by atoms with Crippen molar-refractivity contribution >= 4 is 0 Å². The van der Waals surface area contributed by atoms with Crippen LogP contribution in [0.15, 0.2) is 47.1 Å². The van der Waals surface area contributed by atoms with E-state index in [9.17, 15) is 0 Å². The van der Waals surface area contributed by atoms with Crippen molar-refractivity contribution in [3.05, 3.63) is 47.1 Å². The fraction of sp³-hybridized carbons (Fsp3) is 0.467. The molecule has 15 heavy (non-hydrogen) atoms. The van der Waals surface area contributed by atoms with Gasteiger partial charge in [-0.25, -0.2) is 0 Å². The third-order valence-electron chi connectivity index (χ3n) is 2.29. The normalized spacial score (nSPS) is 13.4. The molecule has 0 saturated heterocycles. The summed E-state index contributed by atoms with van der Waals surface area (Å²) in [6, 6.07) is 0. The van der Waals surface area contributed by atoms with E-state index in [0.717, 1.165) is 12.8 Å². The molecule has 0 bridgehead atoms. The molecule has 0 aliphatic heterocycles. The van der Waals surface area contributed by atoms with Crippen molar-refractivity contribution in [1.82, 2.24) is 0 Å².